The Morgan fingerprint density at radius 3 is 2.41 bits per heavy atom. The van der Waals surface area contributed by atoms with Crippen LogP contribution in [-0.2, 0) is 7.05 Å². The molecule has 0 unspecified atom stereocenters. The molecule has 1 amide bonds. The monoisotopic (exact) mass is 317 g/mol. The summed E-state index contributed by atoms with van der Waals surface area (Å²) in [7, 11) is 1.76. The molecule has 0 bridgehead atoms. The van der Waals surface area contributed by atoms with Gasteiger partial charge in [-0.3, -0.25) is 9.48 Å². The maximum Gasteiger partial charge on any atom is 0.258 e. The molecule has 1 fully saturated rings. The van der Waals surface area contributed by atoms with Crippen LogP contribution in [0.3, 0.4) is 0 Å². The van der Waals surface area contributed by atoms with Gasteiger partial charge in [-0.15, -0.1) is 0 Å². The lowest BCUT2D eigenvalue weighted by molar-refractivity contribution is 0.0712. The zero-order valence-electron chi connectivity index (χ0n) is 12.9. The van der Waals surface area contributed by atoms with Crippen LogP contribution in [0.15, 0.2) is 30.3 Å². The molecule has 22 heavy (non-hydrogen) atoms. The normalized spacial score (nSPS) is 16.0. The molecule has 0 aliphatic carbocycles. The number of rotatable bonds is 2. The quantitative estimate of drug-likeness (QED) is 0.851. The van der Waals surface area contributed by atoms with Crippen molar-refractivity contribution < 1.29 is 4.79 Å². The summed E-state index contributed by atoms with van der Waals surface area (Å²) in [6.45, 7) is 3.36. The molecule has 1 aromatic heterocycles. The van der Waals surface area contributed by atoms with E-state index in [0.717, 1.165) is 25.9 Å². The van der Waals surface area contributed by atoms with Crippen LogP contribution in [0.5, 0.6) is 0 Å². The second kappa shape index (κ2) is 6.13. The Kier molecular flexibility index (Phi) is 4.21. The van der Waals surface area contributed by atoms with Gasteiger partial charge in [-0.05, 0) is 31.2 Å². The van der Waals surface area contributed by atoms with Gasteiger partial charge in [0.25, 0.3) is 5.91 Å². The molecule has 1 aromatic carbocycles. The van der Waals surface area contributed by atoms with Crippen molar-refractivity contribution in [2.24, 2.45) is 7.05 Å². The van der Waals surface area contributed by atoms with Gasteiger partial charge in [0.15, 0.2) is 0 Å². The van der Waals surface area contributed by atoms with Gasteiger partial charge in [-0.2, -0.15) is 5.10 Å². The van der Waals surface area contributed by atoms with E-state index in [0.29, 0.717) is 22.3 Å². The van der Waals surface area contributed by atoms with Crippen molar-refractivity contribution in [2.45, 2.75) is 25.7 Å². The Labute approximate surface area is 135 Å². The lowest BCUT2D eigenvalue weighted by Gasteiger charge is -2.32. The first kappa shape index (κ1) is 15.1. The summed E-state index contributed by atoms with van der Waals surface area (Å²) in [5, 5.41) is 4.65. The summed E-state index contributed by atoms with van der Waals surface area (Å²) in [6.07, 6.45) is 1.99. The van der Waals surface area contributed by atoms with Gasteiger partial charge in [0.1, 0.15) is 5.15 Å². The van der Waals surface area contributed by atoms with Gasteiger partial charge >= 0.3 is 0 Å². The summed E-state index contributed by atoms with van der Waals surface area (Å²) < 4.78 is 1.56. The van der Waals surface area contributed by atoms with Crippen LogP contribution >= 0.6 is 11.6 Å². The molecule has 0 radical (unpaired) electrons. The zero-order valence-corrected chi connectivity index (χ0v) is 13.7. The second-order valence-electron chi connectivity index (χ2n) is 5.85. The van der Waals surface area contributed by atoms with Gasteiger partial charge < -0.3 is 4.90 Å². The van der Waals surface area contributed by atoms with E-state index in [1.807, 2.05) is 17.9 Å². The van der Waals surface area contributed by atoms with Gasteiger partial charge in [0.2, 0.25) is 0 Å². The summed E-state index contributed by atoms with van der Waals surface area (Å²) in [5.41, 5.74) is 2.61. The van der Waals surface area contributed by atoms with Crippen LogP contribution in [0.4, 0.5) is 0 Å². The molecule has 3 rings (SSSR count). The number of halogens is 1. The predicted molar refractivity (Wildman–Crippen MR) is 87.3 cm³/mol. The molecule has 2 heterocycles. The number of hydrogen-bond acceptors (Lipinski definition) is 2. The van der Waals surface area contributed by atoms with E-state index in [2.05, 4.69) is 29.4 Å². The molecular formula is C17H20ClN3O. The lowest BCUT2D eigenvalue weighted by atomic mass is 9.89. The molecular weight excluding hydrogens is 298 g/mol. The standard InChI is InChI=1S/C17H20ClN3O/c1-12-15(16(18)20(2)19-12)17(22)21-10-8-14(9-11-21)13-6-4-3-5-7-13/h3-7,14H,8-11H2,1-2H3. The minimum Gasteiger partial charge on any atom is -0.338 e. The predicted octanol–water partition coefficient (Wildman–Crippen LogP) is 3.40. The van der Waals surface area contributed by atoms with E-state index < -0.39 is 0 Å². The van der Waals surface area contributed by atoms with Crippen molar-refractivity contribution in [1.29, 1.82) is 0 Å². The molecule has 4 nitrogen and oxygen atoms in total. The molecule has 1 aliphatic heterocycles. The van der Waals surface area contributed by atoms with Crippen LogP contribution in [0, 0.1) is 6.92 Å². The minimum atomic E-state index is 0.00196. The number of carbonyl (C=O) groups excluding carboxylic acids is 1. The smallest absolute Gasteiger partial charge is 0.258 e. The highest BCUT2D eigenvalue weighted by Crippen LogP contribution is 2.29. The first-order chi connectivity index (χ1) is 10.6. The van der Waals surface area contributed by atoms with E-state index in [9.17, 15) is 4.79 Å². The third-order valence-corrected chi connectivity index (χ3v) is 4.85. The van der Waals surface area contributed by atoms with Crippen molar-refractivity contribution in [3.63, 3.8) is 0 Å². The Hall–Kier alpha value is -1.81. The summed E-state index contributed by atoms with van der Waals surface area (Å²) >= 11 is 6.21. The maximum atomic E-state index is 12.7. The summed E-state index contributed by atoms with van der Waals surface area (Å²) in [5.74, 6) is 0.540. The first-order valence-electron chi connectivity index (χ1n) is 7.61. The molecule has 2 aromatic rings. The molecule has 0 spiro atoms. The Bertz CT molecular complexity index is 673. The minimum absolute atomic E-state index is 0.00196. The number of piperidine rings is 1. The number of likely N-dealkylation sites (tertiary alicyclic amines) is 1. The highest BCUT2D eigenvalue weighted by Gasteiger charge is 2.28. The number of benzene rings is 1. The largest absolute Gasteiger partial charge is 0.338 e. The molecule has 0 N–H and O–H groups in total. The molecule has 0 saturated carbocycles. The fraction of sp³-hybridized carbons (Fsp3) is 0.412. The molecule has 1 aliphatic rings. The van der Waals surface area contributed by atoms with Crippen molar-refractivity contribution in [3.8, 4) is 0 Å². The van der Waals surface area contributed by atoms with Crippen LogP contribution < -0.4 is 0 Å². The summed E-state index contributed by atoms with van der Waals surface area (Å²) in [6, 6.07) is 10.5. The number of amides is 1. The fourth-order valence-electron chi connectivity index (χ4n) is 3.17. The average Bonchev–Trinajstić information content (AvgIpc) is 2.80. The first-order valence-corrected chi connectivity index (χ1v) is 7.99. The third kappa shape index (κ3) is 2.75. The zero-order chi connectivity index (χ0) is 15.7. The fourth-order valence-corrected chi connectivity index (χ4v) is 3.43. The Morgan fingerprint density at radius 1 is 1.23 bits per heavy atom. The van der Waals surface area contributed by atoms with Gasteiger partial charge in [-0.1, -0.05) is 41.9 Å². The van der Waals surface area contributed by atoms with E-state index in [4.69, 9.17) is 11.6 Å². The Balaban J connectivity index is 1.70. The number of carbonyl (C=O) groups is 1. The highest BCUT2D eigenvalue weighted by molar-refractivity contribution is 6.33. The van der Waals surface area contributed by atoms with Gasteiger partial charge in [0.05, 0.1) is 11.3 Å². The lowest BCUT2D eigenvalue weighted by Crippen LogP contribution is -2.38. The van der Waals surface area contributed by atoms with E-state index in [1.165, 1.54) is 5.56 Å². The van der Waals surface area contributed by atoms with Crippen molar-refractivity contribution in [1.82, 2.24) is 14.7 Å². The molecule has 1 saturated heterocycles. The number of aromatic nitrogens is 2. The summed E-state index contributed by atoms with van der Waals surface area (Å²) in [4.78, 5) is 14.6. The van der Waals surface area contributed by atoms with E-state index in [1.54, 1.807) is 11.7 Å². The van der Waals surface area contributed by atoms with Crippen LogP contribution in [0.25, 0.3) is 0 Å². The van der Waals surface area contributed by atoms with Crippen molar-refractivity contribution in [3.05, 3.63) is 52.3 Å². The third-order valence-electron chi connectivity index (χ3n) is 4.42. The highest BCUT2D eigenvalue weighted by atomic mass is 35.5. The average molecular weight is 318 g/mol. The Morgan fingerprint density at radius 2 is 1.86 bits per heavy atom. The van der Waals surface area contributed by atoms with Gasteiger partial charge in [-0.25, -0.2) is 0 Å². The van der Waals surface area contributed by atoms with Crippen molar-refractivity contribution >= 4 is 17.5 Å². The molecule has 5 heteroatoms. The van der Waals surface area contributed by atoms with Crippen LogP contribution in [0.2, 0.25) is 5.15 Å². The second-order valence-corrected chi connectivity index (χ2v) is 6.21. The number of hydrogen-bond donors (Lipinski definition) is 0. The topological polar surface area (TPSA) is 38.1 Å². The van der Waals surface area contributed by atoms with Gasteiger partial charge in [0, 0.05) is 20.1 Å². The number of nitrogens with zero attached hydrogens (tertiary/aromatic N) is 3. The van der Waals surface area contributed by atoms with E-state index in [-0.39, 0.29) is 5.91 Å². The molecule has 0 atom stereocenters. The SMILES string of the molecule is Cc1nn(C)c(Cl)c1C(=O)N1CCC(c2ccccc2)CC1. The van der Waals surface area contributed by atoms with Crippen LogP contribution in [-0.4, -0.2) is 33.7 Å². The number of aryl methyl sites for hydroxylation is 2. The molecule has 116 valence electrons. The van der Waals surface area contributed by atoms with Crippen LogP contribution in [0.1, 0.15) is 40.4 Å². The van der Waals surface area contributed by atoms with E-state index >= 15 is 0 Å². The maximum absolute atomic E-state index is 12.7. The van der Waals surface area contributed by atoms with Crippen molar-refractivity contribution in [2.75, 3.05) is 13.1 Å².